The number of nitrogens with zero attached hydrogens (tertiary/aromatic N) is 1. The molecule has 1 heterocycles. The van der Waals surface area contributed by atoms with Crippen molar-refractivity contribution in [3.63, 3.8) is 0 Å². The topological polar surface area (TPSA) is 61.8 Å². The largest absolute Gasteiger partial charge is 0.497 e. The SMILES string of the molecule is COc1ccc(CN(CCCO)C(=O)NCC2SCCS2)cc1. The van der Waals surface area contributed by atoms with E-state index in [1.54, 1.807) is 12.0 Å². The normalized spacial score (nSPS) is 14.7. The Morgan fingerprint density at radius 2 is 2.04 bits per heavy atom. The van der Waals surface area contributed by atoms with Gasteiger partial charge in [-0.15, -0.1) is 23.5 Å². The molecule has 5 nitrogen and oxygen atoms in total. The van der Waals surface area contributed by atoms with Crippen LogP contribution in [0.15, 0.2) is 24.3 Å². The van der Waals surface area contributed by atoms with Crippen molar-refractivity contribution in [3.8, 4) is 5.75 Å². The van der Waals surface area contributed by atoms with Crippen molar-refractivity contribution < 1.29 is 14.6 Å². The Morgan fingerprint density at radius 1 is 1.35 bits per heavy atom. The molecule has 2 rings (SSSR count). The number of urea groups is 1. The molecule has 0 aliphatic carbocycles. The molecule has 0 saturated carbocycles. The number of carbonyl (C=O) groups excluding carboxylic acids is 1. The van der Waals surface area contributed by atoms with Crippen LogP contribution in [-0.2, 0) is 6.54 Å². The summed E-state index contributed by atoms with van der Waals surface area (Å²) in [4.78, 5) is 14.2. The smallest absolute Gasteiger partial charge is 0.317 e. The molecule has 1 fully saturated rings. The highest BCUT2D eigenvalue weighted by Crippen LogP contribution is 2.31. The minimum absolute atomic E-state index is 0.0673. The number of carbonyl (C=O) groups is 1. The van der Waals surface area contributed by atoms with Gasteiger partial charge in [-0.3, -0.25) is 0 Å². The van der Waals surface area contributed by atoms with Gasteiger partial charge in [0.15, 0.2) is 0 Å². The van der Waals surface area contributed by atoms with Crippen molar-refractivity contribution in [1.82, 2.24) is 10.2 Å². The second-order valence-electron chi connectivity index (χ2n) is 5.20. The van der Waals surface area contributed by atoms with Crippen LogP contribution in [0.5, 0.6) is 5.75 Å². The van der Waals surface area contributed by atoms with Gasteiger partial charge in [-0.1, -0.05) is 12.1 Å². The summed E-state index contributed by atoms with van der Waals surface area (Å²) in [6.07, 6.45) is 0.580. The number of aliphatic hydroxyl groups is 1. The Balaban J connectivity index is 1.89. The fourth-order valence-corrected chi connectivity index (χ4v) is 4.93. The van der Waals surface area contributed by atoms with Crippen LogP contribution < -0.4 is 10.1 Å². The lowest BCUT2D eigenvalue weighted by Crippen LogP contribution is -2.42. The van der Waals surface area contributed by atoms with Gasteiger partial charge in [0, 0.05) is 37.7 Å². The van der Waals surface area contributed by atoms with Crippen LogP contribution in [0.3, 0.4) is 0 Å². The number of hydrogen-bond donors (Lipinski definition) is 2. The van der Waals surface area contributed by atoms with Crippen LogP contribution in [0.4, 0.5) is 4.79 Å². The first-order valence-corrected chi connectivity index (χ1v) is 9.82. The number of nitrogens with one attached hydrogen (secondary N) is 1. The van der Waals surface area contributed by atoms with E-state index >= 15 is 0 Å². The van der Waals surface area contributed by atoms with Gasteiger partial charge in [0.25, 0.3) is 0 Å². The Hall–Kier alpha value is -1.05. The Labute approximate surface area is 146 Å². The minimum atomic E-state index is -0.0673. The molecule has 1 aliphatic heterocycles. The lowest BCUT2D eigenvalue weighted by Gasteiger charge is -2.24. The predicted octanol–water partition coefficient (Wildman–Crippen LogP) is 2.40. The molecule has 128 valence electrons. The van der Waals surface area contributed by atoms with Gasteiger partial charge in [0.2, 0.25) is 0 Å². The summed E-state index contributed by atoms with van der Waals surface area (Å²) in [6.45, 7) is 1.84. The molecule has 2 N–H and O–H groups in total. The molecule has 1 aromatic carbocycles. The average molecular weight is 357 g/mol. The maximum Gasteiger partial charge on any atom is 0.317 e. The summed E-state index contributed by atoms with van der Waals surface area (Å²) in [5.41, 5.74) is 1.04. The van der Waals surface area contributed by atoms with Crippen molar-refractivity contribution in [3.05, 3.63) is 29.8 Å². The zero-order chi connectivity index (χ0) is 16.5. The number of aliphatic hydroxyl groups excluding tert-OH is 1. The first-order valence-electron chi connectivity index (χ1n) is 7.72. The first-order chi connectivity index (χ1) is 11.2. The fraction of sp³-hybridized carbons (Fsp3) is 0.562. The van der Waals surface area contributed by atoms with E-state index in [1.807, 2.05) is 47.8 Å². The van der Waals surface area contributed by atoms with E-state index in [9.17, 15) is 4.79 Å². The molecule has 1 saturated heterocycles. The molecule has 0 aromatic heterocycles. The van der Waals surface area contributed by atoms with Crippen LogP contribution >= 0.6 is 23.5 Å². The summed E-state index contributed by atoms with van der Waals surface area (Å²) < 4.78 is 5.61. The quantitative estimate of drug-likeness (QED) is 0.749. The van der Waals surface area contributed by atoms with Crippen LogP contribution in [0.2, 0.25) is 0 Å². The number of benzene rings is 1. The van der Waals surface area contributed by atoms with Crippen molar-refractivity contribution >= 4 is 29.6 Å². The average Bonchev–Trinajstić information content (AvgIpc) is 3.10. The summed E-state index contributed by atoms with van der Waals surface area (Å²) in [7, 11) is 1.63. The van der Waals surface area contributed by atoms with E-state index in [1.165, 1.54) is 0 Å². The molecule has 1 aromatic rings. The number of rotatable bonds is 8. The van der Waals surface area contributed by atoms with Gasteiger partial charge >= 0.3 is 6.03 Å². The highest BCUT2D eigenvalue weighted by Gasteiger charge is 2.19. The van der Waals surface area contributed by atoms with Crippen LogP contribution in [0.1, 0.15) is 12.0 Å². The molecular formula is C16H24N2O3S2. The Bertz CT molecular complexity index is 479. The van der Waals surface area contributed by atoms with Gasteiger partial charge < -0.3 is 20.1 Å². The molecule has 0 unspecified atom stereocenters. The number of hydrogen-bond acceptors (Lipinski definition) is 5. The molecule has 7 heteroatoms. The second-order valence-corrected chi connectivity index (χ2v) is 8.12. The van der Waals surface area contributed by atoms with Gasteiger partial charge in [-0.05, 0) is 24.1 Å². The van der Waals surface area contributed by atoms with Gasteiger partial charge in [-0.25, -0.2) is 4.79 Å². The summed E-state index contributed by atoms with van der Waals surface area (Å²) in [6, 6.07) is 7.64. The van der Waals surface area contributed by atoms with E-state index in [2.05, 4.69) is 5.32 Å². The number of ether oxygens (including phenoxy) is 1. The van der Waals surface area contributed by atoms with Gasteiger partial charge in [0.1, 0.15) is 5.75 Å². The lowest BCUT2D eigenvalue weighted by molar-refractivity contribution is 0.187. The number of methoxy groups -OCH3 is 1. The van der Waals surface area contributed by atoms with Crippen molar-refractivity contribution in [2.24, 2.45) is 0 Å². The minimum Gasteiger partial charge on any atom is -0.497 e. The molecule has 0 atom stereocenters. The molecule has 0 radical (unpaired) electrons. The first kappa shape index (κ1) is 18.3. The van der Waals surface area contributed by atoms with E-state index in [0.717, 1.165) is 22.8 Å². The van der Waals surface area contributed by atoms with E-state index < -0.39 is 0 Å². The van der Waals surface area contributed by atoms with Gasteiger partial charge in [0.05, 0.1) is 11.7 Å². The van der Waals surface area contributed by atoms with Crippen molar-refractivity contribution in [2.45, 2.75) is 17.5 Å². The molecule has 23 heavy (non-hydrogen) atoms. The predicted molar refractivity (Wildman–Crippen MR) is 97.2 cm³/mol. The highest BCUT2D eigenvalue weighted by molar-refractivity contribution is 8.20. The zero-order valence-electron chi connectivity index (χ0n) is 13.4. The van der Waals surface area contributed by atoms with Crippen LogP contribution in [-0.4, -0.2) is 58.9 Å². The van der Waals surface area contributed by atoms with E-state index in [-0.39, 0.29) is 12.6 Å². The number of thioether (sulfide) groups is 2. The van der Waals surface area contributed by atoms with E-state index in [4.69, 9.17) is 9.84 Å². The number of amides is 2. The molecule has 2 amide bonds. The summed E-state index contributed by atoms with van der Waals surface area (Å²) >= 11 is 3.80. The molecule has 0 spiro atoms. The van der Waals surface area contributed by atoms with Crippen molar-refractivity contribution in [2.75, 3.05) is 38.3 Å². The van der Waals surface area contributed by atoms with Crippen molar-refractivity contribution in [1.29, 1.82) is 0 Å². The molecule has 0 bridgehead atoms. The van der Waals surface area contributed by atoms with Crippen LogP contribution in [0.25, 0.3) is 0 Å². The molecular weight excluding hydrogens is 332 g/mol. The summed E-state index contributed by atoms with van der Waals surface area (Å²) in [5, 5.41) is 12.1. The highest BCUT2D eigenvalue weighted by atomic mass is 32.2. The Morgan fingerprint density at radius 3 is 2.65 bits per heavy atom. The maximum atomic E-state index is 12.4. The van der Waals surface area contributed by atoms with E-state index in [0.29, 0.717) is 30.6 Å². The second kappa shape index (κ2) is 9.95. The summed E-state index contributed by atoms with van der Waals surface area (Å²) in [5.74, 6) is 3.12. The lowest BCUT2D eigenvalue weighted by atomic mass is 10.2. The molecule has 1 aliphatic rings. The third-order valence-corrected chi connectivity index (χ3v) is 6.55. The van der Waals surface area contributed by atoms with Gasteiger partial charge in [-0.2, -0.15) is 0 Å². The monoisotopic (exact) mass is 356 g/mol. The van der Waals surface area contributed by atoms with Crippen LogP contribution in [0, 0.1) is 0 Å². The standard InChI is InChI=1S/C16H24N2O3S2/c1-21-14-5-3-13(4-6-14)12-18(7-2-8-19)16(20)17-11-15-22-9-10-23-15/h3-6,15,19H,2,7-12H2,1H3,(H,17,20). The third kappa shape index (κ3) is 6.16. The zero-order valence-corrected chi connectivity index (χ0v) is 15.0. The third-order valence-electron chi connectivity index (χ3n) is 3.52. The maximum absolute atomic E-state index is 12.4. The fourth-order valence-electron chi connectivity index (χ4n) is 2.27. The Kier molecular flexibility index (Phi) is 7.91.